The van der Waals surface area contributed by atoms with E-state index in [9.17, 15) is 4.79 Å². The molecular formula is C12H16Cl2N4O. The van der Waals surface area contributed by atoms with Gasteiger partial charge in [0.25, 0.3) is 0 Å². The maximum absolute atomic E-state index is 11.7. The number of carbonyl (C=O) groups excluding carboxylic acids is 1. The van der Waals surface area contributed by atoms with Gasteiger partial charge in [0.2, 0.25) is 5.91 Å². The summed E-state index contributed by atoms with van der Waals surface area (Å²) in [5.74, 6) is 0.844. The van der Waals surface area contributed by atoms with E-state index in [0.29, 0.717) is 22.4 Å². The van der Waals surface area contributed by atoms with Crippen LogP contribution in [0.2, 0.25) is 10.0 Å². The molecule has 0 aliphatic carbocycles. The van der Waals surface area contributed by atoms with Crippen LogP contribution in [0.5, 0.6) is 0 Å². The highest BCUT2D eigenvalue weighted by Gasteiger charge is 2.27. The molecule has 19 heavy (non-hydrogen) atoms. The van der Waals surface area contributed by atoms with Gasteiger partial charge in [-0.2, -0.15) is 0 Å². The van der Waals surface area contributed by atoms with Crippen molar-refractivity contribution >= 4 is 40.7 Å². The molecule has 0 aromatic carbocycles. The third-order valence-corrected chi connectivity index (χ3v) is 3.86. The van der Waals surface area contributed by atoms with E-state index in [1.807, 2.05) is 4.90 Å². The zero-order chi connectivity index (χ0) is 14.0. The lowest BCUT2D eigenvalue weighted by Crippen LogP contribution is -2.42. The van der Waals surface area contributed by atoms with E-state index < -0.39 is 0 Å². The molecule has 1 unspecified atom stereocenters. The van der Waals surface area contributed by atoms with Gasteiger partial charge in [-0.25, -0.2) is 4.98 Å². The summed E-state index contributed by atoms with van der Waals surface area (Å²) in [7, 11) is 1.65. The molecule has 0 bridgehead atoms. The normalized spacial score (nSPS) is 19.3. The van der Waals surface area contributed by atoms with E-state index in [1.54, 1.807) is 13.1 Å². The number of pyridine rings is 1. The number of hydrogen-bond donors (Lipinski definition) is 2. The van der Waals surface area contributed by atoms with Crippen LogP contribution in [0.3, 0.4) is 0 Å². The molecule has 1 fully saturated rings. The minimum atomic E-state index is -0.0477. The van der Waals surface area contributed by atoms with Gasteiger partial charge in [-0.15, -0.1) is 0 Å². The number of amides is 1. The smallest absolute Gasteiger partial charge is 0.224 e. The third-order valence-electron chi connectivity index (χ3n) is 3.28. The first-order valence-electron chi connectivity index (χ1n) is 6.11. The summed E-state index contributed by atoms with van der Waals surface area (Å²) >= 11 is 12.0. The van der Waals surface area contributed by atoms with Crippen molar-refractivity contribution in [3.63, 3.8) is 0 Å². The third kappa shape index (κ3) is 3.04. The second kappa shape index (κ2) is 5.84. The van der Waals surface area contributed by atoms with Crippen molar-refractivity contribution in [3.05, 3.63) is 16.1 Å². The van der Waals surface area contributed by atoms with Crippen molar-refractivity contribution < 1.29 is 4.79 Å². The SMILES string of the molecule is CNC(=O)C1CCCN(c2nc(N)c(Cl)cc2Cl)C1. The molecule has 0 radical (unpaired) electrons. The maximum Gasteiger partial charge on any atom is 0.224 e. The molecule has 7 heteroatoms. The number of nitrogens with zero attached hydrogens (tertiary/aromatic N) is 2. The van der Waals surface area contributed by atoms with E-state index in [-0.39, 0.29) is 17.6 Å². The highest BCUT2D eigenvalue weighted by Crippen LogP contribution is 2.32. The number of nitrogen functional groups attached to an aromatic ring is 1. The van der Waals surface area contributed by atoms with Crippen molar-refractivity contribution in [3.8, 4) is 0 Å². The molecule has 1 atom stereocenters. The van der Waals surface area contributed by atoms with Crippen LogP contribution in [0.15, 0.2) is 6.07 Å². The summed E-state index contributed by atoms with van der Waals surface area (Å²) in [6.07, 6.45) is 1.79. The fourth-order valence-electron chi connectivity index (χ4n) is 2.28. The molecule has 1 aromatic heterocycles. The Kier molecular flexibility index (Phi) is 4.37. The zero-order valence-corrected chi connectivity index (χ0v) is 12.1. The van der Waals surface area contributed by atoms with Gasteiger partial charge in [-0.05, 0) is 18.9 Å². The summed E-state index contributed by atoms with van der Waals surface area (Å²) in [4.78, 5) is 17.9. The van der Waals surface area contributed by atoms with Gasteiger partial charge in [-0.3, -0.25) is 4.79 Å². The Labute approximate surface area is 122 Å². The van der Waals surface area contributed by atoms with Crippen LogP contribution in [-0.4, -0.2) is 31.0 Å². The monoisotopic (exact) mass is 302 g/mol. The van der Waals surface area contributed by atoms with Crippen molar-refractivity contribution in [2.24, 2.45) is 5.92 Å². The predicted molar refractivity (Wildman–Crippen MR) is 77.7 cm³/mol. The van der Waals surface area contributed by atoms with E-state index in [1.165, 1.54) is 0 Å². The lowest BCUT2D eigenvalue weighted by atomic mass is 9.97. The molecule has 3 N–H and O–H groups in total. The Morgan fingerprint density at radius 2 is 2.26 bits per heavy atom. The Bertz CT molecular complexity index is 495. The minimum absolute atomic E-state index is 0.0442. The number of hydrogen-bond acceptors (Lipinski definition) is 4. The summed E-state index contributed by atoms with van der Waals surface area (Å²) in [5.41, 5.74) is 5.71. The molecular weight excluding hydrogens is 287 g/mol. The average molecular weight is 303 g/mol. The van der Waals surface area contributed by atoms with Gasteiger partial charge >= 0.3 is 0 Å². The molecule has 0 saturated carbocycles. The van der Waals surface area contributed by atoms with Crippen molar-refractivity contribution in [1.29, 1.82) is 0 Å². The second-order valence-electron chi connectivity index (χ2n) is 4.56. The highest BCUT2D eigenvalue weighted by molar-refractivity contribution is 6.37. The number of aromatic nitrogens is 1. The molecule has 2 rings (SSSR count). The largest absolute Gasteiger partial charge is 0.382 e. The zero-order valence-electron chi connectivity index (χ0n) is 10.6. The summed E-state index contributed by atoms with van der Waals surface area (Å²) in [6.45, 7) is 1.40. The van der Waals surface area contributed by atoms with E-state index in [2.05, 4.69) is 10.3 Å². The maximum atomic E-state index is 11.7. The van der Waals surface area contributed by atoms with Crippen molar-refractivity contribution in [1.82, 2.24) is 10.3 Å². The Morgan fingerprint density at radius 1 is 1.53 bits per heavy atom. The van der Waals surface area contributed by atoms with Gasteiger partial charge in [-0.1, -0.05) is 23.2 Å². The fraction of sp³-hybridized carbons (Fsp3) is 0.500. The molecule has 5 nitrogen and oxygen atoms in total. The molecule has 1 aliphatic heterocycles. The molecule has 1 saturated heterocycles. The summed E-state index contributed by atoms with van der Waals surface area (Å²) in [5, 5.41) is 3.47. The van der Waals surface area contributed by atoms with E-state index >= 15 is 0 Å². The van der Waals surface area contributed by atoms with Gasteiger partial charge < -0.3 is 16.0 Å². The van der Waals surface area contributed by atoms with Gasteiger partial charge in [0.15, 0.2) is 0 Å². The van der Waals surface area contributed by atoms with Crippen molar-refractivity contribution in [2.75, 3.05) is 30.8 Å². The first-order chi connectivity index (χ1) is 9.02. The van der Waals surface area contributed by atoms with Gasteiger partial charge in [0, 0.05) is 20.1 Å². The Morgan fingerprint density at radius 3 is 2.95 bits per heavy atom. The van der Waals surface area contributed by atoms with Crippen molar-refractivity contribution in [2.45, 2.75) is 12.8 Å². The standard InChI is InChI=1S/C12H16Cl2N4O/c1-16-12(19)7-3-2-4-18(6-7)11-9(14)5-8(13)10(15)17-11/h5,7H,2-4,6H2,1H3,(H2,15,17)(H,16,19). The average Bonchev–Trinajstić information content (AvgIpc) is 2.42. The molecule has 104 valence electrons. The molecule has 1 aromatic rings. The Hall–Kier alpha value is -1.20. The molecule has 1 aliphatic rings. The lowest BCUT2D eigenvalue weighted by Gasteiger charge is -2.33. The van der Waals surface area contributed by atoms with Gasteiger partial charge in [0.1, 0.15) is 11.6 Å². The molecule has 2 heterocycles. The first-order valence-corrected chi connectivity index (χ1v) is 6.86. The van der Waals surface area contributed by atoms with Crippen LogP contribution in [-0.2, 0) is 4.79 Å². The number of rotatable bonds is 2. The Balaban J connectivity index is 2.22. The molecule has 0 spiro atoms. The number of nitrogens with two attached hydrogens (primary N) is 1. The number of carbonyl (C=O) groups is 1. The second-order valence-corrected chi connectivity index (χ2v) is 5.37. The lowest BCUT2D eigenvalue weighted by molar-refractivity contribution is -0.124. The van der Waals surface area contributed by atoms with Crippen LogP contribution in [0, 0.1) is 5.92 Å². The molecule has 1 amide bonds. The van der Waals surface area contributed by atoms with Crippen LogP contribution in [0.4, 0.5) is 11.6 Å². The van der Waals surface area contributed by atoms with Crippen LogP contribution >= 0.6 is 23.2 Å². The number of halogens is 2. The number of anilines is 2. The predicted octanol–water partition coefficient (Wildman–Crippen LogP) is 1.93. The first kappa shape index (κ1) is 14.2. The van der Waals surface area contributed by atoms with E-state index in [4.69, 9.17) is 28.9 Å². The van der Waals surface area contributed by atoms with Crippen LogP contribution < -0.4 is 16.0 Å². The summed E-state index contributed by atoms with van der Waals surface area (Å²) < 4.78 is 0. The van der Waals surface area contributed by atoms with Crippen LogP contribution in [0.25, 0.3) is 0 Å². The van der Waals surface area contributed by atoms with E-state index in [0.717, 1.165) is 19.4 Å². The highest BCUT2D eigenvalue weighted by atomic mass is 35.5. The van der Waals surface area contributed by atoms with Gasteiger partial charge in [0.05, 0.1) is 16.0 Å². The fourth-order valence-corrected chi connectivity index (χ4v) is 2.76. The topological polar surface area (TPSA) is 71.2 Å². The number of piperidine rings is 1. The van der Waals surface area contributed by atoms with Crippen LogP contribution in [0.1, 0.15) is 12.8 Å². The quantitative estimate of drug-likeness (QED) is 0.876. The minimum Gasteiger partial charge on any atom is -0.382 e. The number of nitrogens with one attached hydrogen (secondary N) is 1. The summed E-state index contributed by atoms with van der Waals surface area (Å²) in [6, 6.07) is 1.59.